The first-order chi connectivity index (χ1) is 9.18. The molecule has 0 aromatic heterocycles. The van der Waals surface area contributed by atoms with Gasteiger partial charge in [-0.3, -0.25) is 4.79 Å². The summed E-state index contributed by atoms with van der Waals surface area (Å²) in [7, 11) is 1.95. The van der Waals surface area contributed by atoms with Crippen molar-refractivity contribution in [3.8, 4) is 0 Å². The van der Waals surface area contributed by atoms with Crippen molar-refractivity contribution in [2.45, 2.75) is 38.1 Å². The van der Waals surface area contributed by atoms with Crippen LogP contribution in [-0.2, 0) is 4.79 Å². The fraction of sp³-hybridized carbons (Fsp3) is 0.562. The van der Waals surface area contributed by atoms with Gasteiger partial charge in [0.15, 0.2) is 0 Å². The molecule has 0 saturated carbocycles. The van der Waals surface area contributed by atoms with Crippen molar-refractivity contribution in [3.63, 3.8) is 0 Å². The van der Waals surface area contributed by atoms with Crippen LogP contribution in [0.4, 0.5) is 0 Å². The fourth-order valence-corrected chi connectivity index (χ4v) is 2.70. The first-order valence-electron chi connectivity index (χ1n) is 7.20. The summed E-state index contributed by atoms with van der Waals surface area (Å²) in [5.74, 6) is 0.557. The standard InChI is InChI=1S/C16H24N2O/c1-13(14-6-4-3-5-7-14)12-16(19)18(2)15-8-10-17-11-9-15/h3-7,13,15,17H,8-12H2,1-2H3. The number of nitrogens with zero attached hydrogens (tertiary/aromatic N) is 1. The summed E-state index contributed by atoms with van der Waals surface area (Å²) in [5, 5.41) is 3.34. The third-order valence-electron chi connectivity index (χ3n) is 4.10. The number of hydrogen-bond acceptors (Lipinski definition) is 2. The number of amides is 1. The minimum atomic E-state index is 0.267. The topological polar surface area (TPSA) is 32.3 Å². The van der Waals surface area contributed by atoms with Crippen LogP contribution in [0, 0.1) is 0 Å². The Morgan fingerprint density at radius 1 is 1.32 bits per heavy atom. The highest BCUT2D eigenvalue weighted by molar-refractivity contribution is 5.77. The maximum atomic E-state index is 12.3. The van der Waals surface area contributed by atoms with Gasteiger partial charge in [-0.15, -0.1) is 0 Å². The molecule has 3 heteroatoms. The van der Waals surface area contributed by atoms with Gasteiger partial charge in [-0.25, -0.2) is 0 Å². The van der Waals surface area contributed by atoms with Crippen LogP contribution < -0.4 is 5.32 Å². The molecule has 1 atom stereocenters. The number of hydrogen-bond donors (Lipinski definition) is 1. The lowest BCUT2D eigenvalue weighted by molar-refractivity contribution is -0.132. The van der Waals surface area contributed by atoms with E-state index in [1.807, 2.05) is 30.1 Å². The molecule has 0 aliphatic carbocycles. The van der Waals surface area contributed by atoms with Gasteiger partial charge in [-0.1, -0.05) is 37.3 Å². The second-order valence-electron chi connectivity index (χ2n) is 5.50. The van der Waals surface area contributed by atoms with Crippen molar-refractivity contribution >= 4 is 5.91 Å². The van der Waals surface area contributed by atoms with Gasteiger partial charge in [0, 0.05) is 19.5 Å². The quantitative estimate of drug-likeness (QED) is 0.901. The highest BCUT2D eigenvalue weighted by atomic mass is 16.2. The monoisotopic (exact) mass is 260 g/mol. The van der Waals surface area contributed by atoms with E-state index in [0.717, 1.165) is 25.9 Å². The Bertz CT molecular complexity index is 398. The fourth-order valence-electron chi connectivity index (χ4n) is 2.70. The molecule has 0 radical (unpaired) electrons. The number of piperidine rings is 1. The van der Waals surface area contributed by atoms with E-state index in [9.17, 15) is 4.79 Å². The highest BCUT2D eigenvalue weighted by Crippen LogP contribution is 2.21. The summed E-state index contributed by atoms with van der Waals surface area (Å²) in [5.41, 5.74) is 1.24. The Morgan fingerprint density at radius 3 is 2.58 bits per heavy atom. The molecule has 1 amide bonds. The van der Waals surface area contributed by atoms with Crippen LogP contribution in [0.2, 0.25) is 0 Å². The molecule has 1 aliphatic heterocycles. The van der Waals surface area contributed by atoms with Crippen LogP contribution in [-0.4, -0.2) is 37.0 Å². The van der Waals surface area contributed by atoms with E-state index in [0.29, 0.717) is 12.5 Å². The predicted molar refractivity (Wildman–Crippen MR) is 78.1 cm³/mol. The minimum Gasteiger partial charge on any atom is -0.343 e. The molecule has 1 fully saturated rings. The maximum Gasteiger partial charge on any atom is 0.223 e. The Labute approximate surface area is 116 Å². The van der Waals surface area contributed by atoms with Crippen molar-refractivity contribution in [2.24, 2.45) is 0 Å². The first-order valence-corrected chi connectivity index (χ1v) is 7.20. The van der Waals surface area contributed by atoms with Gasteiger partial charge < -0.3 is 10.2 Å². The van der Waals surface area contributed by atoms with Crippen molar-refractivity contribution < 1.29 is 4.79 Å². The Balaban J connectivity index is 1.89. The zero-order valence-corrected chi connectivity index (χ0v) is 11.9. The zero-order valence-electron chi connectivity index (χ0n) is 11.9. The van der Waals surface area contributed by atoms with Gasteiger partial charge in [-0.05, 0) is 37.4 Å². The number of rotatable bonds is 4. The smallest absolute Gasteiger partial charge is 0.223 e. The predicted octanol–water partition coefficient (Wildman–Crippen LogP) is 2.39. The summed E-state index contributed by atoms with van der Waals surface area (Å²) in [6, 6.07) is 10.7. The molecule has 0 spiro atoms. The number of nitrogens with one attached hydrogen (secondary N) is 1. The van der Waals surface area contributed by atoms with E-state index in [-0.39, 0.29) is 11.8 Å². The summed E-state index contributed by atoms with van der Waals surface area (Å²) in [6.07, 6.45) is 2.74. The lowest BCUT2D eigenvalue weighted by Gasteiger charge is -2.32. The molecule has 1 aromatic carbocycles. The molecule has 1 unspecified atom stereocenters. The lowest BCUT2D eigenvalue weighted by atomic mass is 9.96. The highest BCUT2D eigenvalue weighted by Gasteiger charge is 2.23. The third kappa shape index (κ3) is 3.80. The van der Waals surface area contributed by atoms with Gasteiger partial charge in [0.2, 0.25) is 5.91 Å². The molecule has 0 bridgehead atoms. The Kier molecular flexibility index (Phi) is 4.97. The summed E-state index contributed by atoms with van der Waals surface area (Å²) >= 11 is 0. The third-order valence-corrected chi connectivity index (χ3v) is 4.10. The van der Waals surface area contributed by atoms with E-state index >= 15 is 0 Å². The number of carbonyl (C=O) groups excluding carboxylic acids is 1. The van der Waals surface area contributed by atoms with E-state index in [1.165, 1.54) is 5.56 Å². The van der Waals surface area contributed by atoms with Gasteiger partial charge >= 0.3 is 0 Å². The molecule has 1 aromatic rings. The van der Waals surface area contributed by atoms with Gasteiger partial charge in [0.25, 0.3) is 0 Å². The maximum absolute atomic E-state index is 12.3. The van der Waals surface area contributed by atoms with Crippen LogP contribution in [0.5, 0.6) is 0 Å². The second-order valence-corrected chi connectivity index (χ2v) is 5.50. The summed E-state index contributed by atoms with van der Waals surface area (Å²) in [6.45, 7) is 4.18. The molecular formula is C16H24N2O. The normalized spacial score (nSPS) is 18.0. The van der Waals surface area contributed by atoms with Gasteiger partial charge in [0.05, 0.1) is 0 Å². The van der Waals surface area contributed by atoms with Gasteiger partial charge in [-0.2, -0.15) is 0 Å². The van der Waals surface area contributed by atoms with Crippen LogP contribution in [0.3, 0.4) is 0 Å². The number of carbonyl (C=O) groups is 1. The van der Waals surface area contributed by atoms with E-state index in [4.69, 9.17) is 0 Å². The van der Waals surface area contributed by atoms with E-state index in [2.05, 4.69) is 24.4 Å². The molecule has 19 heavy (non-hydrogen) atoms. The average molecular weight is 260 g/mol. The average Bonchev–Trinajstić information content (AvgIpc) is 2.48. The van der Waals surface area contributed by atoms with Crippen molar-refractivity contribution in [2.75, 3.05) is 20.1 Å². The molecule has 104 valence electrons. The summed E-state index contributed by atoms with van der Waals surface area (Å²) in [4.78, 5) is 14.3. The first kappa shape index (κ1) is 14.1. The summed E-state index contributed by atoms with van der Waals surface area (Å²) < 4.78 is 0. The zero-order chi connectivity index (χ0) is 13.7. The molecule has 3 nitrogen and oxygen atoms in total. The number of benzene rings is 1. The van der Waals surface area contributed by atoms with E-state index < -0.39 is 0 Å². The SMILES string of the molecule is CC(CC(=O)N(C)C1CCNCC1)c1ccccc1. The van der Waals surface area contributed by atoms with Crippen LogP contribution in [0.1, 0.15) is 37.7 Å². The molecular weight excluding hydrogens is 236 g/mol. The Morgan fingerprint density at radius 2 is 1.95 bits per heavy atom. The largest absolute Gasteiger partial charge is 0.343 e. The molecule has 1 aliphatic rings. The van der Waals surface area contributed by atoms with Crippen LogP contribution in [0.25, 0.3) is 0 Å². The van der Waals surface area contributed by atoms with Crippen LogP contribution >= 0.6 is 0 Å². The van der Waals surface area contributed by atoms with E-state index in [1.54, 1.807) is 0 Å². The van der Waals surface area contributed by atoms with Gasteiger partial charge in [0.1, 0.15) is 0 Å². The lowest BCUT2D eigenvalue weighted by Crippen LogP contribution is -2.44. The molecule has 1 heterocycles. The Hall–Kier alpha value is -1.35. The molecule has 1 N–H and O–H groups in total. The molecule has 1 saturated heterocycles. The van der Waals surface area contributed by atoms with Crippen LogP contribution in [0.15, 0.2) is 30.3 Å². The minimum absolute atomic E-state index is 0.267. The van der Waals surface area contributed by atoms with Crippen molar-refractivity contribution in [3.05, 3.63) is 35.9 Å². The molecule has 2 rings (SSSR count). The van der Waals surface area contributed by atoms with Crippen molar-refractivity contribution in [1.29, 1.82) is 0 Å². The second kappa shape index (κ2) is 6.71. The van der Waals surface area contributed by atoms with Crippen molar-refractivity contribution in [1.82, 2.24) is 10.2 Å².